The summed E-state index contributed by atoms with van der Waals surface area (Å²) >= 11 is 8.13. The zero-order chi connectivity index (χ0) is 16.7. The Morgan fingerprint density at radius 3 is 2.75 bits per heavy atom. The summed E-state index contributed by atoms with van der Waals surface area (Å²) in [6.07, 6.45) is 6.80. The van der Waals surface area contributed by atoms with Crippen LogP contribution in [-0.4, -0.2) is 52.3 Å². The van der Waals surface area contributed by atoms with Crippen molar-refractivity contribution in [3.8, 4) is 11.1 Å². The summed E-state index contributed by atoms with van der Waals surface area (Å²) < 4.78 is 6.13. The number of fused-ring (bicyclic) bond motifs is 3. The minimum atomic E-state index is -0.135. The predicted molar refractivity (Wildman–Crippen MR) is 107 cm³/mol. The quantitative estimate of drug-likeness (QED) is 0.289. The van der Waals surface area contributed by atoms with E-state index in [1.54, 1.807) is 0 Å². The van der Waals surface area contributed by atoms with Gasteiger partial charge >= 0.3 is 190 Å². The number of allylic oxidation sites excluding steroid dienone is 2. The summed E-state index contributed by atoms with van der Waals surface area (Å²) in [7, 11) is 0. The summed E-state index contributed by atoms with van der Waals surface area (Å²) in [5.74, 6) is 0. The van der Waals surface area contributed by atoms with Crippen LogP contribution in [0.4, 0.5) is 5.69 Å². The molecule has 0 spiro atoms. The van der Waals surface area contributed by atoms with E-state index in [-0.39, 0.29) is 33.6 Å². The van der Waals surface area contributed by atoms with E-state index in [0.29, 0.717) is 6.04 Å². The Balaban J connectivity index is 1.74. The molecule has 0 saturated carbocycles. The Kier molecular flexibility index (Phi) is 5.87. The molecule has 2 aromatic rings. The van der Waals surface area contributed by atoms with E-state index in [0.717, 1.165) is 0 Å². The van der Waals surface area contributed by atoms with Crippen LogP contribution in [0.1, 0.15) is 5.56 Å². The molecule has 0 N–H and O–H groups in total. The zero-order valence-electron chi connectivity index (χ0n) is 12.7. The van der Waals surface area contributed by atoms with Crippen molar-refractivity contribution in [3.05, 3.63) is 69.8 Å². The third-order valence-electron chi connectivity index (χ3n) is 4.23. The number of benzene rings is 2. The van der Waals surface area contributed by atoms with Crippen LogP contribution in [0.2, 0.25) is 0 Å². The average Bonchev–Trinajstić information content (AvgIpc) is 3.14. The van der Waals surface area contributed by atoms with Crippen LogP contribution in [0.5, 0.6) is 0 Å². The van der Waals surface area contributed by atoms with Crippen LogP contribution < -0.4 is 25.4 Å². The molecule has 1 aliphatic carbocycles. The minimum absolute atomic E-state index is 0.135. The molecule has 2 aliphatic rings. The number of rotatable bonds is 4. The first-order chi connectivity index (χ1) is 11.7. The fraction of sp³-hybridized carbons (Fsp3) is 0.0588. The standard InChI is InChI=1S/C17H11IN2.3Al.HI/c19-18-13-4-1-3-11(9-13)12-7-8-17-15(10-12)14-5-2-6-16(14)20-17;;;;/h1-10,16H;;;;1H/q-2;;;+2;/p-1. The summed E-state index contributed by atoms with van der Waals surface area (Å²) in [6, 6.07) is 16.4. The van der Waals surface area contributed by atoms with Gasteiger partial charge in [-0.05, 0) is 0 Å². The Labute approximate surface area is 187 Å². The monoisotopic (exact) mass is 578 g/mol. The number of nitrogens with zero attached hydrogens (tertiary/aromatic N) is 2. The Bertz CT molecular complexity index is 851. The second-order valence-corrected chi connectivity index (χ2v) is 14.7. The van der Waals surface area contributed by atoms with E-state index in [9.17, 15) is 0 Å². The van der Waals surface area contributed by atoms with Crippen LogP contribution >= 0.6 is 20.3 Å². The molecular formula is C17H11Al3I2N2-. The molecule has 4 rings (SSSR count). The summed E-state index contributed by atoms with van der Waals surface area (Å²) in [5.41, 5.74) is 6.89. The molecule has 7 heteroatoms. The van der Waals surface area contributed by atoms with Crippen molar-refractivity contribution in [1.29, 1.82) is 0 Å². The Morgan fingerprint density at radius 1 is 1.12 bits per heavy atom. The topological polar surface area (TPSA) is 6.48 Å². The normalized spacial score (nSPS) is 18.0. The number of halogens is 2. The predicted octanol–water partition coefficient (Wildman–Crippen LogP) is 0.107. The maximum absolute atomic E-state index is 2.74. The molecule has 5 radical (unpaired) electrons. The molecule has 2 aromatic carbocycles. The van der Waals surface area contributed by atoms with Gasteiger partial charge in [0.05, 0.1) is 0 Å². The maximum atomic E-state index is 2.74. The van der Waals surface area contributed by atoms with Gasteiger partial charge in [-0.25, -0.2) is 0 Å². The van der Waals surface area contributed by atoms with Gasteiger partial charge in [0, 0.05) is 0 Å². The fourth-order valence-electron chi connectivity index (χ4n) is 3.23. The van der Waals surface area contributed by atoms with Gasteiger partial charge in [-0.2, -0.15) is 0 Å². The summed E-state index contributed by atoms with van der Waals surface area (Å²) in [6.45, 7) is 0. The van der Waals surface area contributed by atoms with Crippen molar-refractivity contribution in [3.63, 3.8) is 0 Å². The molecular weight excluding hydrogens is 567 g/mol. The van der Waals surface area contributed by atoms with E-state index in [4.69, 9.17) is 0 Å². The van der Waals surface area contributed by atoms with Crippen molar-refractivity contribution in [2.45, 2.75) is 6.04 Å². The molecule has 0 saturated heterocycles. The molecule has 1 atom stereocenters. The number of anilines is 1. The van der Waals surface area contributed by atoms with Crippen molar-refractivity contribution in [2.24, 2.45) is 0 Å². The van der Waals surface area contributed by atoms with Crippen molar-refractivity contribution in [1.82, 2.24) is 1.08 Å². The van der Waals surface area contributed by atoms with Gasteiger partial charge in [0.2, 0.25) is 0 Å². The molecule has 1 unspecified atom stereocenters. The molecule has 2 nitrogen and oxygen atoms in total. The van der Waals surface area contributed by atoms with E-state index in [1.165, 1.54) is 31.5 Å². The third-order valence-corrected chi connectivity index (χ3v) is 9.94. The van der Waals surface area contributed by atoms with Crippen molar-refractivity contribution < 1.29 is 21.5 Å². The van der Waals surface area contributed by atoms with Gasteiger partial charge in [-0.1, -0.05) is 0 Å². The molecule has 113 valence electrons. The SMILES string of the molecule is [Al][N]([Al])[I-]c1cccc(-c2ccc3c(c2)C2=CC=CC2[N]3[Al][I])c1. The van der Waals surface area contributed by atoms with Gasteiger partial charge in [0.1, 0.15) is 0 Å². The Morgan fingerprint density at radius 2 is 1.96 bits per heavy atom. The first-order valence-electron chi connectivity index (χ1n) is 7.47. The van der Waals surface area contributed by atoms with E-state index < -0.39 is 0 Å². The Hall–Kier alpha value is 0.737. The summed E-state index contributed by atoms with van der Waals surface area (Å²) in [5, 5.41) is 0. The van der Waals surface area contributed by atoms with Crippen LogP contribution in [0.3, 0.4) is 0 Å². The summed E-state index contributed by atoms with van der Waals surface area (Å²) in [4.78, 5) is 0. The van der Waals surface area contributed by atoms with Gasteiger partial charge < -0.3 is 0 Å². The molecule has 0 fully saturated rings. The number of hydrogen-bond acceptors (Lipinski definition) is 2. The second-order valence-electron chi connectivity index (χ2n) is 5.63. The molecule has 0 aromatic heterocycles. The van der Waals surface area contributed by atoms with Crippen molar-refractivity contribution >= 4 is 76.7 Å². The fourth-order valence-corrected chi connectivity index (χ4v) is 8.88. The first kappa shape index (κ1) is 18.1. The van der Waals surface area contributed by atoms with Crippen molar-refractivity contribution in [2.75, 3.05) is 3.88 Å². The van der Waals surface area contributed by atoms with E-state index >= 15 is 0 Å². The van der Waals surface area contributed by atoms with Crippen LogP contribution in [0.25, 0.3) is 16.7 Å². The van der Waals surface area contributed by atoms with E-state index in [1.807, 2.05) is 0 Å². The third kappa shape index (κ3) is 3.46. The molecule has 1 aliphatic heterocycles. The van der Waals surface area contributed by atoms with Crippen LogP contribution in [0, 0.1) is 3.57 Å². The van der Waals surface area contributed by atoms with Gasteiger partial charge in [-0.15, -0.1) is 0 Å². The number of hydrogen-bond donors (Lipinski definition) is 0. The zero-order valence-corrected chi connectivity index (χ0v) is 20.5. The van der Waals surface area contributed by atoms with Gasteiger partial charge in [0.15, 0.2) is 0 Å². The first-order valence-corrected chi connectivity index (χ1v) is 15.2. The molecule has 0 amide bonds. The van der Waals surface area contributed by atoms with Crippen LogP contribution in [-0.2, 0) is 0 Å². The van der Waals surface area contributed by atoms with Gasteiger partial charge in [-0.3, -0.25) is 0 Å². The van der Waals surface area contributed by atoms with Gasteiger partial charge in [0.25, 0.3) is 0 Å². The average molecular weight is 578 g/mol. The molecule has 0 bridgehead atoms. The molecule has 1 heterocycles. The van der Waals surface area contributed by atoms with Crippen LogP contribution in [0.15, 0.2) is 60.7 Å². The van der Waals surface area contributed by atoms with E-state index in [2.05, 4.69) is 119 Å². The molecule has 24 heavy (non-hydrogen) atoms. The second kappa shape index (κ2) is 7.77.